The molecule has 0 fully saturated rings. The number of fused-ring (bicyclic) bond motifs is 2. The van der Waals surface area contributed by atoms with E-state index in [2.05, 4.69) is 18.4 Å². The number of nitrogens with two attached hydrogens (primary N) is 1. The number of thiocarbonyl (C=S) groups is 1. The first kappa shape index (κ1) is 14.1. The average Bonchev–Trinajstić information content (AvgIpc) is 2.96. The lowest BCUT2D eigenvalue weighted by Crippen LogP contribution is -2.14. The van der Waals surface area contributed by atoms with E-state index in [0.717, 1.165) is 41.3 Å². The highest BCUT2D eigenvalue weighted by Gasteiger charge is 2.19. The first-order chi connectivity index (χ1) is 10.0. The molecule has 21 heavy (non-hydrogen) atoms. The molecule has 112 valence electrons. The molecule has 0 saturated heterocycles. The number of aromatic nitrogens is 2. The Morgan fingerprint density at radius 3 is 2.76 bits per heavy atom. The Balaban J connectivity index is 2.06. The SMILES string of the molecule is CC(C)Cc1nc2cc3c(cc2n1CCC(N)=S)OCO3. The zero-order chi connectivity index (χ0) is 15.0. The molecule has 1 aromatic heterocycles. The third-order valence-corrected chi connectivity index (χ3v) is 3.70. The molecule has 0 spiro atoms. The second-order valence-corrected chi connectivity index (χ2v) is 6.21. The highest BCUT2D eigenvalue weighted by Crippen LogP contribution is 2.36. The largest absolute Gasteiger partial charge is 0.454 e. The molecular weight excluding hydrogens is 286 g/mol. The van der Waals surface area contributed by atoms with Crippen LogP contribution in [0.2, 0.25) is 0 Å². The summed E-state index contributed by atoms with van der Waals surface area (Å²) in [6, 6.07) is 3.94. The van der Waals surface area contributed by atoms with Crippen LogP contribution in [-0.2, 0) is 13.0 Å². The first-order valence-corrected chi connectivity index (χ1v) is 7.52. The summed E-state index contributed by atoms with van der Waals surface area (Å²) in [7, 11) is 0. The predicted octanol–water partition coefficient (Wildman–Crippen LogP) is 2.64. The molecule has 5 nitrogen and oxygen atoms in total. The maximum atomic E-state index is 5.65. The molecule has 0 unspecified atom stereocenters. The van der Waals surface area contributed by atoms with Gasteiger partial charge in [-0.15, -0.1) is 0 Å². The van der Waals surface area contributed by atoms with Crippen LogP contribution in [0.15, 0.2) is 12.1 Å². The number of benzene rings is 1. The van der Waals surface area contributed by atoms with Gasteiger partial charge in [-0.25, -0.2) is 4.98 Å². The monoisotopic (exact) mass is 305 g/mol. The normalized spacial score (nSPS) is 13.3. The van der Waals surface area contributed by atoms with E-state index < -0.39 is 0 Å². The van der Waals surface area contributed by atoms with Crippen LogP contribution in [0.5, 0.6) is 11.5 Å². The van der Waals surface area contributed by atoms with Crippen molar-refractivity contribution in [2.75, 3.05) is 6.79 Å². The summed E-state index contributed by atoms with van der Waals surface area (Å²) in [4.78, 5) is 5.27. The van der Waals surface area contributed by atoms with Gasteiger partial charge >= 0.3 is 0 Å². The van der Waals surface area contributed by atoms with Crippen LogP contribution in [0.4, 0.5) is 0 Å². The molecule has 1 aliphatic rings. The van der Waals surface area contributed by atoms with Gasteiger partial charge in [0.2, 0.25) is 6.79 Å². The van der Waals surface area contributed by atoms with Gasteiger partial charge < -0.3 is 19.8 Å². The number of hydrogen-bond acceptors (Lipinski definition) is 4. The van der Waals surface area contributed by atoms with E-state index >= 15 is 0 Å². The predicted molar refractivity (Wildman–Crippen MR) is 85.8 cm³/mol. The molecular formula is C15H19N3O2S. The van der Waals surface area contributed by atoms with Crippen molar-refractivity contribution in [1.29, 1.82) is 0 Å². The fraction of sp³-hybridized carbons (Fsp3) is 0.467. The molecule has 0 atom stereocenters. The minimum absolute atomic E-state index is 0.272. The molecule has 1 aromatic carbocycles. The zero-order valence-electron chi connectivity index (χ0n) is 12.3. The van der Waals surface area contributed by atoms with Crippen LogP contribution < -0.4 is 15.2 Å². The summed E-state index contributed by atoms with van der Waals surface area (Å²) in [5, 5.41) is 0. The maximum absolute atomic E-state index is 5.65. The number of rotatable bonds is 5. The Labute approximate surface area is 129 Å². The molecule has 6 heteroatoms. The topological polar surface area (TPSA) is 62.3 Å². The Morgan fingerprint density at radius 2 is 2.10 bits per heavy atom. The molecule has 0 amide bonds. The Kier molecular flexibility index (Phi) is 3.71. The van der Waals surface area contributed by atoms with Crippen LogP contribution in [-0.4, -0.2) is 21.3 Å². The highest BCUT2D eigenvalue weighted by atomic mass is 32.1. The molecule has 2 N–H and O–H groups in total. The van der Waals surface area contributed by atoms with E-state index in [1.54, 1.807) is 0 Å². The van der Waals surface area contributed by atoms with Gasteiger partial charge in [-0.2, -0.15) is 0 Å². The number of ether oxygens (including phenoxy) is 2. The Bertz CT molecular complexity index is 694. The Hall–Kier alpha value is -1.82. The van der Waals surface area contributed by atoms with Crippen molar-refractivity contribution in [2.45, 2.75) is 33.2 Å². The van der Waals surface area contributed by atoms with Crippen molar-refractivity contribution in [3.63, 3.8) is 0 Å². The van der Waals surface area contributed by atoms with Crippen molar-refractivity contribution in [1.82, 2.24) is 9.55 Å². The minimum Gasteiger partial charge on any atom is -0.454 e. The van der Waals surface area contributed by atoms with Gasteiger partial charge in [-0.1, -0.05) is 26.1 Å². The van der Waals surface area contributed by atoms with Gasteiger partial charge in [-0.3, -0.25) is 0 Å². The lowest BCUT2D eigenvalue weighted by Gasteiger charge is -2.10. The van der Waals surface area contributed by atoms with Crippen LogP contribution >= 0.6 is 12.2 Å². The van der Waals surface area contributed by atoms with Crippen molar-refractivity contribution < 1.29 is 9.47 Å². The molecule has 0 bridgehead atoms. The van der Waals surface area contributed by atoms with E-state index in [9.17, 15) is 0 Å². The van der Waals surface area contributed by atoms with Gasteiger partial charge in [0.25, 0.3) is 0 Å². The quantitative estimate of drug-likeness (QED) is 0.860. The van der Waals surface area contributed by atoms with Crippen LogP contribution in [0, 0.1) is 5.92 Å². The van der Waals surface area contributed by atoms with Crippen molar-refractivity contribution in [3.8, 4) is 11.5 Å². The zero-order valence-corrected chi connectivity index (χ0v) is 13.1. The van der Waals surface area contributed by atoms with Gasteiger partial charge in [0.15, 0.2) is 11.5 Å². The second-order valence-electron chi connectivity index (χ2n) is 5.69. The average molecular weight is 305 g/mol. The summed E-state index contributed by atoms with van der Waals surface area (Å²) >= 11 is 5.00. The van der Waals surface area contributed by atoms with E-state index in [0.29, 0.717) is 17.3 Å². The molecule has 1 aliphatic heterocycles. The van der Waals surface area contributed by atoms with Crippen LogP contribution in [0.1, 0.15) is 26.1 Å². The standard InChI is InChI=1S/C15H19N3O2S/c1-9(2)5-15-17-10-6-12-13(20-8-19-12)7-11(10)18(15)4-3-14(16)21/h6-7,9H,3-5,8H2,1-2H3,(H2,16,21). The third kappa shape index (κ3) is 2.81. The minimum atomic E-state index is 0.272. The number of nitrogens with zero attached hydrogens (tertiary/aromatic N) is 2. The lowest BCUT2D eigenvalue weighted by molar-refractivity contribution is 0.174. The van der Waals surface area contributed by atoms with E-state index in [4.69, 9.17) is 32.4 Å². The first-order valence-electron chi connectivity index (χ1n) is 7.11. The summed E-state index contributed by atoms with van der Waals surface area (Å²) < 4.78 is 13.1. The molecule has 3 rings (SSSR count). The summed E-state index contributed by atoms with van der Waals surface area (Å²) in [5.41, 5.74) is 7.62. The molecule has 0 radical (unpaired) electrons. The lowest BCUT2D eigenvalue weighted by atomic mass is 10.1. The third-order valence-electron chi connectivity index (χ3n) is 3.49. The molecule has 2 heterocycles. The number of hydrogen-bond donors (Lipinski definition) is 1. The van der Waals surface area contributed by atoms with E-state index in [1.165, 1.54) is 0 Å². The van der Waals surface area contributed by atoms with E-state index in [1.807, 2.05) is 12.1 Å². The van der Waals surface area contributed by atoms with Crippen LogP contribution in [0.25, 0.3) is 11.0 Å². The van der Waals surface area contributed by atoms with Gasteiger partial charge in [0, 0.05) is 31.5 Å². The molecule has 2 aromatic rings. The maximum Gasteiger partial charge on any atom is 0.231 e. The number of imidazole rings is 1. The van der Waals surface area contributed by atoms with Gasteiger partial charge in [0.1, 0.15) is 5.82 Å². The van der Waals surface area contributed by atoms with Gasteiger partial charge in [0.05, 0.1) is 16.0 Å². The van der Waals surface area contributed by atoms with Crippen molar-refractivity contribution >= 4 is 28.2 Å². The van der Waals surface area contributed by atoms with Crippen molar-refractivity contribution in [3.05, 3.63) is 18.0 Å². The van der Waals surface area contributed by atoms with Gasteiger partial charge in [-0.05, 0) is 5.92 Å². The van der Waals surface area contributed by atoms with E-state index in [-0.39, 0.29) is 6.79 Å². The molecule has 0 aliphatic carbocycles. The second kappa shape index (κ2) is 5.52. The fourth-order valence-corrected chi connectivity index (χ4v) is 2.65. The summed E-state index contributed by atoms with van der Waals surface area (Å²) in [5.74, 6) is 3.12. The fourth-order valence-electron chi connectivity index (χ4n) is 2.56. The van der Waals surface area contributed by atoms with Crippen molar-refractivity contribution in [2.24, 2.45) is 11.7 Å². The van der Waals surface area contributed by atoms with Crippen LogP contribution in [0.3, 0.4) is 0 Å². The molecule has 0 saturated carbocycles. The summed E-state index contributed by atoms with van der Waals surface area (Å²) in [6.45, 7) is 5.38. The smallest absolute Gasteiger partial charge is 0.231 e. The highest BCUT2D eigenvalue weighted by molar-refractivity contribution is 7.80. The number of aryl methyl sites for hydroxylation is 1. The Morgan fingerprint density at radius 1 is 1.38 bits per heavy atom. The summed E-state index contributed by atoms with van der Waals surface area (Å²) in [6.07, 6.45) is 1.58.